The van der Waals surface area contributed by atoms with Crippen molar-refractivity contribution >= 4 is 0 Å². The third-order valence-corrected chi connectivity index (χ3v) is 3.85. The number of nitrogens with two attached hydrogens (primary N) is 1. The molecule has 106 valence electrons. The van der Waals surface area contributed by atoms with Crippen LogP contribution in [0.1, 0.15) is 50.2 Å². The van der Waals surface area contributed by atoms with Crippen molar-refractivity contribution in [2.45, 2.75) is 51.0 Å². The molecule has 0 radical (unpaired) electrons. The molecular weight excluding hydrogens is 254 g/mol. The molecule has 0 bridgehead atoms. The molecule has 1 fully saturated rings. The summed E-state index contributed by atoms with van der Waals surface area (Å²) in [5, 5.41) is 4.02. The standard InChI is InChI=1S/C14H19N5O/c1-10-16-9-6-11(17-10)12-18-13(20-19-12)14(15)7-4-2-3-5-8-14/h6,9H,2-5,7-8,15H2,1H3. The smallest absolute Gasteiger partial charge is 0.247 e. The van der Waals surface area contributed by atoms with Gasteiger partial charge in [0.05, 0.1) is 5.54 Å². The summed E-state index contributed by atoms with van der Waals surface area (Å²) in [7, 11) is 0. The summed E-state index contributed by atoms with van der Waals surface area (Å²) in [5.41, 5.74) is 6.66. The van der Waals surface area contributed by atoms with Gasteiger partial charge in [0.1, 0.15) is 11.5 Å². The molecule has 1 saturated carbocycles. The monoisotopic (exact) mass is 273 g/mol. The maximum Gasteiger partial charge on any atom is 0.247 e. The lowest BCUT2D eigenvalue weighted by molar-refractivity contribution is 0.257. The van der Waals surface area contributed by atoms with E-state index in [9.17, 15) is 0 Å². The molecule has 2 aromatic heterocycles. The number of hydrogen-bond acceptors (Lipinski definition) is 6. The molecule has 0 amide bonds. The molecule has 2 aromatic rings. The van der Waals surface area contributed by atoms with E-state index >= 15 is 0 Å². The van der Waals surface area contributed by atoms with Crippen LogP contribution in [0.4, 0.5) is 0 Å². The first kappa shape index (κ1) is 13.2. The molecule has 0 aromatic carbocycles. The number of aromatic nitrogens is 4. The average Bonchev–Trinajstić information content (AvgIpc) is 2.84. The van der Waals surface area contributed by atoms with E-state index in [0.717, 1.165) is 25.7 Å². The topological polar surface area (TPSA) is 90.7 Å². The average molecular weight is 273 g/mol. The number of hydrogen-bond donors (Lipinski definition) is 1. The van der Waals surface area contributed by atoms with Gasteiger partial charge >= 0.3 is 0 Å². The van der Waals surface area contributed by atoms with Crippen LogP contribution in [0.15, 0.2) is 16.8 Å². The zero-order valence-electron chi connectivity index (χ0n) is 11.7. The van der Waals surface area contributed by atoms with Gasteiger partial charge in [0.15, 0.2) is 0 Å². The van der Waals surface area contributed by atoms with Gasteiger partial charge in [-0.25, -0.2) is 9.97 Å². The highest BCUT2D eigenvalue weighted by Crippen LogP contribution is 2.33. The molecule has 3 rings (SSSR count). The van der Waals surface area contributed by atoms with Crippen molar-refractivity contribution < 1.29 is 4.52 Å². The minimum atomic E-state index is -0.482. The predicted molar refractivity (Wildman–Crippen MR) is 73.6 cm³/mol. The van der Waals surface area contributed by atoms with Gasteiger partial charge in [-0.05, 0) is 25.8 Å². The minimum Gasteiger partial charge on any atom is -0.337 e. The van der Waals surface area contributed by atoms with Gasteiger partial charge < -0.3 is 10.3 Å². The van der Waals surface area contributed by atoms with Crippen LogP contribution in [-0.2, 0) is 5.54 Å². The molecule has 20 heavy (non-hydrogen) atoms. The van der Waals surface area contributed by atoms with E-state index in [1.165, 1.54) is 12.8 Å². The van der Waals surface area contributed by atoms with Crippen LogP contribution in [0, 0.1) is 6.92 Å². The maximum atomic E-state index is 6.47. The minimum absolute atomic E-state index is 0.482. The van der Waals surface area contributed by atoms with Crippen molar-refractivity contribution in [2.75, 3.05) is 0 Å². The highest BCUT2D eigenvalue weighted by atomic mass is 16.5. The molecule has 0 aliphatic heterocycles. The fourth-order valence-corrected chi connectivity index (χ4v) is 2.68. The zero-order chi connectivity index (χ0) is 14.0. The second kappa shape index (κ2) is 5.28. The Labute approximate surface area is 117 Å². The lowest BCUT2D eigenvalue weighted by Crippen LogP contribution is -2.36. The molecule has 2 N–H and O–H groups in total. The van der Waals surface area contributed by atoms with Crippen molar-refractivity contribution in [2.24, 2.45) is 5.73 Å². The van der Waals surface area contributed by atoms with Crippen LogP contribution in [0.5, 0.6) is 0 Å². The molecule has 0 saturated heterocycles. The second-order valence-corrected chi connectivity index (χ2v) is 5.48. The summed E-state index contributed by atoms with van der Waals surface area (Å²) in [4.78, 5) is 12.8. The summed E-state index contributed by atoms with van der Waals surface area (Å²) in [6, 6.07) is 1.78. The molecule has 6 heteroatoms. The third-order valence-electron chi connectivity index (χ3n) is 3.85. The Morgan fingerprint density at radius 1 is 1.15 bits per heavy atom. The Hall–Kier alpha value is -1.82. The van der Waals surface area contributed by atoms with Gasteiger partial charge in [0.25, 0.3) is 0 Å². The fourth-order valence-electron chi connectivity index (χ4n) is 2.68. The first-order valence-electron chi connectivity index (χ1n) is 7.10. The van der Waals surface area contributed by atoms with E-state index in [-0.39, 0.29) is 0 Å². The fraction of sp³-hybridized carbons (Fsp3) is 0.571. The van der Waals surface area contributed by atoms with E-state index in [1.807, 2.05) is 6.92 Å². The Bertz CT molecular complexity index is 587. The maximum absolute atomic E-state index is 6.47. The van der Waals surface area contributed by atoms with Crippen molar-refractivity contribution in [3.05, 3.63) is 24.0 Å². The highest BCUT2D eigenvalue weighted by Gasteiger charge is 2.34. The van der Waals surface area contributed by atoms with Crippen LogP contribution in [0.2, 0.25) is 0 Å². The summed E-state index contributed by atoms with van der Waals surface area (Å²) < 4.78 is 5.41. The molecule has 0 unspecified atom stereocenters. The van der Waals surface area contributed by atoms with Gasteiger partial charge in [0.2, 0.25) is 11.7 Å². The molecule has 2 heterocycles. The summed E-state index contributed by atoms with van der Waals surface area (Å²) >= 11 is 0. The Kier molecular flexibility index (Phi) is 3.48. The zero-order valence-corrected chi connectivity index (χ0v) is 11.7. The first-order chi connectivity index (χ1) is 9.67. The van der Waals surface area contributed by atoms with E-state index in [4.69, 9.17) is 10.3 Å². The lowest BCUT2D eigenvalue weighted by atomic mass is 9.91. The van der Waals surface area contributed by atoms with Crippen LogP contribution in [-0.4, -0.2) is 20.1 Å². The Balaban J connectivity index is 1.89. The second-order valence-electron chi connectivity index (χ2n) is 5.48. The normalized spacial score (nSPS) is 18.7. The van der Waals surface area contributed by atoms with Crippen molar-refractivity contribution in [1.82, 2.24) is 20.1 Å². The number of aryl methyl sites for hydroxylation is 1. The SMILES string of the molecule is Cc1nccc(-c2noc(C3(N)CCCCCC3)n2)n1. The van der Waals surface area contributed by atoms with Crippen molar-refractivity contribution in [3.8, 4) is 11.5 Å². The van der Waals surface area contributed by atoms with Crippen molar-refractivity contribution in [1.29, 1.82) is 0 Å². The van der Waals surface area contributed by atoms with Gasteiger partial charge in [0, 0.05) is 6.20 Å². The Morgan fingerprint density at radius 3 is 2.60 bits per heavy atom. The van der Waals surface area contributed by atoms with Gasteiger partial charge in [-0.1, -0.05) is 30.8 Å². The summed E-state index contributed by atoms with van der Waals surface area (Å²) in [6.07, 6.45) is 8.17. The van der Waals surface area contributed by atoms with E-state index in [0.29, 0.717) is 23.2 Å². The van der Waals surface area contributed by atoms with Gasteiger partial charge in [-0.3, -0.25) is 0 Å². The number of rotatable bonds is 2. The Morgan fingerprint density at radius 2 is 1.90 bits per heavy atom. The molecule has 0 atom stereocenters. The van der Waals surface area contributed by atoms with Crippen LogP contribution in [0.25, 0.3) is 11.5 Å². The van der Waals surface area contributed by atoms with Gasteiger partial charge in [-0.2, -0.15) is 4.98 Å². The van der Waals surface area contributed by atoms with Crippen LogP contribution >= 0.6 is 0 Å². The first-order valence-corrected chi connectivity index (χ1v) is 7.10. The highest BCUT2D eigenvalue weighted by molar-refractivity contribution is 5.47. The van der Waals surface area contributed by atoms with Crippen LogP contribution < -0.4 is 5.73 Å². The van der Waals surface area contributed by atoms with Gasteiger partial charge in [-0.15, -0.1) is 0 Å². The van der Waals surface area contributed by atoms with E-state index in [2.05, 4.69) is 20.1 Å². The summed E-state index contributed by atoms with van der Waals surface area (Å²) in [6.45, 7) is 1.83. The third kappa shape index (κ3) is 2.56. The van der Waals surface area contributed by atoms with E-state index < -0.39 is 5.54 Å². The lowest BCUT2D eigenvalue weighted by Gasteiger charge is -2.22. The van der Waals surface area contributed by atoms with E-state index in [1.54, 1.807) is 12.3 Å². The molecule has 1 aliphatic rings. The largest absolute Gasteiger partial charge is 0.337 e. The van der Waals surface area contributed by atoms with Crippen molar-refractivity contribution in [3.63, 3.8) is 0 Å². The molecule has 0 spiro atoms. The predicted octanol–water partition coefficient (Wildman–Crippen LogP) is 2.34. The summed E-state index contributed by atoms with van der Waals surface area (Å²) in [5.74, 6) is 1.70. The quantitative estimate of drug-likeness (QED) is 0.844. The molecule has 6 nitrogen and oxygen atoms in total. The van der Waals surface area contributed by atoms with Crippen LogP contribution in [0.3, 0.4) is 0 Å². The molecule has 1 aliphatic carbocycles. The molecular formula is C14H19N5O. The number of nitrogens with zero attached hydrogens (tertiary/aromatic N) is 4.